The first-order valence-corrected chi connectivity index (χ1v) is 7.31. The highest BCUT2D eigenvalue weighted by atomic mass is 16.5. The van der Waals surface area contributed by atoms with E-state index in [1.54, 1.807) is 26.4 Å². The molecular formula is C19H18O4. The van der Waals surface area contributed by atoms with Crippen LogP contribution in [0.5, 0.6) is 11.5 Å². The standard InChI is InChI=1S/C19H18O4/c1-11-7-12(2)19-14(8-11)15(20)10-17(23-19)13-5-6-16(21-3)18(9-13)22-4/h5-10H,1-4H3. The molecule has 0 aliphatic heterocycles. The molecule has 4 nitrogen and oxygen atoms in total. The maximum Gasteiger partial charge on any atom is 0.193 e. The molecule has 118 valence electrons. The Morgan fingerprint density at radius 3 is 2.35 bits per heavy atom. The fraction of sp³-hybridized carbons (Fsp3) is 0.211. The van der Waals surface area contributed by atoms with E-state index < -0.39 is 0 Å². The van der Waals surface area contributed by atoms with Crippen molar-refractivity contribution in [2.75, 3.05) is 14.2 Å². The van der Waals surface area contributed by atoms with Crippen molar-refractivity contribution in [3.63, 3.8) is 0 Å². The van der Waals surface area contributed by atoms with Crippen LogP contribution in [0.3, 0.4) is 0 Å². The summed E-state index contributed by atoms with van der Waals surface area (Å²) < 4.78 is 16.5. The average Bonchev–Trinajstić information content (AvgIpc) is 2.55. The third kappa shape index (κ3) is 2.68. The molecular weight excluding hydrogens is 292 g/mol. The van der Waals surface area contributed by atoms with Gasteiger partial charge in [0.25, 0.3) is 0 Å². The molecule has 0 spiro atoms. The molecule has 0 N–H and O–H groups in total. The van der Waals surface area contributed by atoms with E-state index in [2.05, 4.69) is 0 Å². The SMILES string of the molecule is COc1ccc(-c2cc(=O)c3cc(C)cc(C)c3o2)cc1OC. The molecule has 0 bridgehead atoms. The summed E-state index contributed by atoms with van der Waals surface area (Å²) in [7, 11) is 3.16. The molecule has 3 rings (SSSR count). The van der Waals surface area contributed by atoms with E-state index in [1.165, 1.54) is 6.07 Å². The maximum atomic E-state index is 12.4. The number of methoxy groups -OCH3 is 2. The Balaban J connectivity index is 2.23. The Morgan fingerprint density at radius 1 is 0.913 bits per heavy atom. The van der Waals surface area contributed by atoms with E-state index >= 15 is 0 Å². The summed E-state index contributed by atoms with van der Waals surface area (Å²) >= 11 is 0. The zero-order valence-electron chi connectivity index (χ0n) is 13.6. The van der Waals surface area contributed by atoms with Gasteiger partial charge in [-0.25, -0.2) is 0 Å². The van der Waals surface area contributed by atoms with Crippen LogP contribution in [-0.2, 0) is 0 Å². The number of benzene rings is 2. The van der Waals surface area contributed by atoms with E-state index in [1.807, 2.05) is 32.0 Å². The number of hydrogen-bond acceptors (Lipinski definition) is 4. The van der Waals surface area contributed by atoms with Crippen molar-refractivity contribution in [1.29, 1.82) is 0 Å². The first-order chi connectivity index (χ1) is 11.0. The summed E-state index contributed by atoms with van der Waals surface area (Å²) in [4.78, 5) is 12.4. The van der Waals surface area contributed by atoms with Gasteiger partial charge < -0.3 is 13.9 Å². The number of ether oxygens (including phenoxy) is 2. The highest BCUT2D eigenvalue weighted by Crippen LogP contribution is 2.33. The van der Waals surface area contributed by atoms with Crippen LogP contribution in [0.4, 0.5) is 0 Å². The second-order valence-corrected chi connectivity index (χ2v) is 5.50. The van der Waals surface area contributed by atoms with Crippen molar-refractivity contribution in [1.82, 2.24) is 0 Å². The Bertz CT molecular complexity index is 938. The quantitative estimate of drug-likeness (QED) is 0.731. The van der Waals surface area contributed by atoms with Crippen molar-refractivity contribution < 1.29 is 13.9 Å². The lowest BCUT2D eigenvalue weighted by molar-refractivity contribution is 0.355. The van der Waals surface area contributed by atoms with Crippen molar-refractivity contribution in [2.45, 2.75) is 13.8 Å². The number of hydrogen-bond donors (Lipinski definition) is 0. The van der Waals surface area contributed by atoms with Gasteiger partial charge >= 0.3 is 0 Å². The summed E-state index contributed by atoms with van der Waals surface area (Å²) in [6, 6.07) is 10.8. The van der Waals surface area contributed by atoms with E-state index in [4.69, 9.17) is 13.9 Å². The predicted molar refractivity (Wildman–Crippen MR) is 90.5 cm³/mol. The van der Waals surface area contributed by atoms with Crippen LogP contribution < -0.4 is 14.9 Å². The zero-order chi connectivity index (χ0) is 16.6. The van der Waals surface area contributed by atoms with Crippen LogP contribution in [-0.4, -0.2) is 14.2 Å². The van der Waals surface area contributed by atoms with Crippen LogP contribution in [0.1, 0.15) is 11.1 Å². The molecule has 4 heteroatoms. The molecule has 1 heterocycles. The van der Waals surface area contributed by atoms with Crippen LogP contribution in [0.2, 0.25) is 0 Å². The molecule has 0 unspecified atom stereocenters. The summed E-state index contributed by atoms with van der Waals surface area (Å²) in [5.74, 6) is 1.73. The molecule has 23 heavy (non-hydrogen) atoms. The lowest BCUT2D eigenvalue weighted by atomic mass is 10.1. The van der Waals surface area contributed by atoms with Crippen molar-refractivity contribution >= 4 is 11.0 Å². The summed E-state index contributed by atoms with van der Waals surface area (Å²) in [5, 5.41) is 0.603. The second kappa shape index (κ2) is 5.80. The normalized spacial score (nSPS) is 10.8. The second-order valence-electron chi connectivity index (χ2n) is 5.50. The highest BCUT2D eigenvalue weighted by molar-refractivity contribution is 5.82. The van der Waals surface area contributed by atoms with Crippen molar-refractivity contribution in [3.05, 3.63) is 57.7 Å². The van der Waals surface area contributed by atoms with Crippen molar-refractivity contribution in [2.24, 2.45) is 0 Å². The van der Waals surface area contributed by atoms with E-state index in [0.29, 0.717) is 28.2 Å². The molecule has 0 aliphatic rings. The largest absolute Gasteiger partial charge is 0.493 e. The third-order valence-corrected chi connectivity index (χ3v) is 3.83. The Kier molecular flexibility index (Phi) is 3.82. The van der Waals surface area contributed by atoms with Gasteiger partial charge in [0.05, 0.1) is 19.6 Å². The van der Waals surface area contributed by atoms with Crippen LogP contribution in [0.25, 0.3) is 22.3 Å². The monoisotopic (exact) mass is 310 g/mol. The van der Waals surface area contributed by atoms with Gasteiger partial charge in [-0.2, -0.15) is 0 Å². The first kappa shape index (κ1) is 15.2. The first-order valence-electron chi connectivity index (χ1n) is 7.31. The third-order valence-electron chi connectivity index (χ3n) is 3.83. The highest BCUT2D eigenvalue weighted by Gasteiger charge is 2.12. The molecule has 0 radical (unpaired) electrons. The van der Waals surface area contributed by atoms with Gasteiger partial charge in [0.1, 0.15) is 11.3 Å². The molecule has 1 aromatic heterocycles. The predicted octanol–water partition coefficient (Wildman–Crippen LogP) is 4.09. The Labute approximate surface area is 134 Å². The van der Waals surface area contributed by atoms with Gasteiger partial charge in [-0.15, -0.1) is 0 Å². The van der Waals surface area contributed by atoms with Crippen LogP contribution in [0.15, 0.2) is 45.6 Å². The minimum Gasteiger partial charge on any atom is -0.493 e. The number of fused-ring (bicyclic) bond motifs is 1. The lowest BCUT2D eigenvalue weighted by Gasteiger charge is -2.10. The number of aryl methyl sites for hydroxylation is 2. The van der Waals surface area contributed by atoms with Gasteiger partial charge in [0.2, 0.25) is 0 Å². The molecule has 2 aromatic carbocycles. The van der Waals surface area contributed by atoms with Gasteiger partial charge in [-0.05, 0) is 49.2 Å². The Hall–Kier alpha value is -2.75. The average molecular weight is 310 g/mol. The molecule has 0 amide bonds. The van der Waals surface area contributed by atoms with Crippen molar-refractivity contribution in [3.8, 4) is 22.8 Å². The summed E-state index contributed by atoms with van der Waals surface area (Å²) in [6.07, 6.45) is 0. The smallest absolute Gasteiger partial charge is 0.193 e. The van der Waals surface area contributed by atoms with Crippen LogP contribution >= 0.6 is 0 Å². The van der Waals surface area contributed by atoms with Gasteiger partial charge in [0.15, 0.2) is 16.9 Å². The number of rotatable bonds is 3. The molecule has 0 saturated heterocycles. The molecule has 0 aliphatic carbocycles. The minimum absolute atomic E-state index is 0.0529. The zero-order valence-corrected chi connectivity index (χ0v) is 13.6. The molecule has 0 saturated carbocycles. The van der Waals surface area contributed by atoms with Gasteiger partial charge in [0, 0.05) is 11.6 Å². The lowest BCUT2D eigenvalue weighted by Crippen LogP contribution is -2.02. The Morgan fingerprint density at radius 2 is 1.65 bits per heavy atom. The fourth-order valence-corrected chi connectivity index (χ4v) is 2.74. The minimum atomic E-state index is -0.0529. The molecule has 0 atom stereocenters. The molecule has 0 fully saturated rings. The summed E-state index contributed by atoms with van der Waals surface area (Å²) in [5.41, 5.74) is 3.32. The fourth-order valence-electron chi connectivity index (χ4n) is 2.74. The van der Waals surface area contributed by atoms with Gasteiger partial charge in [-0.1, -0.05) is 6.07 Å². The van der Waals surface area contributed by atoms with E-state index in [-0.39, 0.29) is 5.43 Å². The summed E-state index contributed by atoms with van der Waals surface area (Å²) in [6.45, 7) is 3.91. The topological polar surface area (TPSA) is 48.7 Å². The van der Waals surface area contributed by atoms with Crippen LogP contribution in [0, 0.1) is 13.8 Å². The van der Waals surface area contributed by atoms with E-state index in [9.17, 15) is 4.79 Å². The maximum absolute atomic E-state index is 12.4. The molecule has 3 aromatic rings. The van der Waals surface area contributed by atoms with E-state index in [0.717, 1.165) is 16.7 Å². The van der Waals surface area contributed by atoms with Gasteiger partial charge in [-0.3, -0.25) is 4.79 Å².